The first-order chi connectivity index (χ1) is 15.7. The second kappa shape index (κ2) is 9.33. The van der Waals surface area contributed by atoms with E-state index < -0.39 is 26.7 Å². The number of hydrogen-bond acceptors (Lipinski definition) is 7. The Labute approximate surface area is 193 Å². The zero-order valence-electron chi connectivity index (χ0n) is 17.2. The van der Waals surface area contributed by atoms with Crippen LogP contribution in [0.15, 0.2) is 58.8 Å². The molecule has 1 saturated heterocycles. The molecule has 0 saturated carbocycles. The number of thiazole rings is 1. The summed E-state index contributed by atoms with van der Waals surface area (Å²) in [6, 6.07) is 10.5. The van der Waals surface area contributed by atoms with Crippen LogP contribution in [0.5, 0.6) is 0 Å². The van der Waals surface area contributed by atoms with E-state index in [9.17, 15) is 27.7 Å². The zero-order chi connectivity index (χ0) is 23.6. The molecule has 3 aromatic rings. The number of rotatable bonds is 6. The van der Waals surface area contributed by atoms with Crippen LogP contribution in [0, 0.1) is 21.8 Å². The topological polar surface area (TPSA) is 123 Å². The molecule has 9 nitrogen and oxygen atoms in total. The van der Waals surface area contributed by atoms with E-state index in [-0.39, 0.29) is 29.6 Å². The van der Waals surface area contributed by atoms with Crippen molar-refractivity contribution in [3.05, 3.63) is 69.8 Å². The van der Waals surface area contributed by atoms with Gasteiger partial charge in [0, 0.05) is 36.2 Å². The Morgan fingerprint density at radius 1 is 1.18 bits per heavy atom. The molecule has 12 heteroatoms. The zero-order valence-corrected chi connectivity index (χ0v) is 18.8. The number of carbonyl (C=O) groups is 1. The average Bonchev–Trinajstić information content (AvgIpc) is 3.28. The summed E-state index contributed by atoms with van der Waals surface area (Å²) in [5.41, 5.74) is 1.21. The lowest BCUT2D eigenvalue weighted by molar-refractivity contribution is -0.384. The lowest BCUT2D eigenvalue weighted by Crippen LogP contribution is -2.43. The minimum Gasteiger partial charge on any atom is -0.302 e. The van der Waals surface area contributed by atoms with Crippen LogP contribution in [-0.2, 0) is 14.8 Å². The number of piperidine rings is 1. The highest BCUT2D eigenvalue weighted by Crippen LogP contribution is 2.28. The SMILES string of the molecule is O=C(Nc1nc(-c2ccc([N+](=O)[O-])cc2)cs1)C1CCCN(S(=O)(=O)c2ccc(F)cc2)C1. The van der Waals surface area contributed by atoms with E-state index in [1.165, 1.54) is 39.9 Å². The van der Waals surface area contributed by atoms with Gasteiger partial charge in [-0.15, -0.1) is 11.3 Å². The maximum atomic E-state index is 13.2. The quantitative estimate of drug-likeness (QED) is 0.413. The van der Waals surface area contributed by atoms with E-state index in [1.807, 2.05) is 0 Å². The number of aromatic nitrogens is 1. The Morgan fingerprint density at radius 3 is 2.55 bits per heavy atom. The largest absolute Gasteiger partial charge is 0.302 e. The van der Waals surface area contributed by atoms with Gasteiger partial charge in [-0.25, -0.2) is 17.8 Å². The number of nitrogens with zero attached hydrogens (tertiary/aromatic N) is 3. The molecule has 2 heterocycles. The van der Waals surface area contributed by atoms with Crippen molar-refractivity contribution in [2.45, 2.75) is 17.7 Å². The highest BCUT2D eigenvalue weighted by Gasteiger charge is 2.33. The highest BCUT2D eigenvalue weighted by atomic mass is 32.2. The first-order valence-electron chi connectivity index (χ1n) is 10.0. The van der Waals surface area contributed by atoms with Gasteiger partial charge in [0.2, 0.25) is 15.9 Å². The monoisotopic (exact) mass is 490 g/mol. The Hall–Kier alpha value is -3.22. The minimum atomic E-state index is -3.83. The number of amides is 1. The molecule has 1 unspecified atom stereocenters. The van der Waals surface area contributed by atoms with Crippen molar-refractivity contribution >= 4 is 38.1 Å². The number of nitro benzene ring substituents is 1. The summed E-state index contributed by atoms with van der Waals surface area (Å²) in [4.78, 5) is 27.4. The van der Waals surface area contributed by atoms with Crippen LogP contribution in [0.1, 0.15) is 12.8 Å². The van der Waals surface area contributed by atoms with Crippen molar-refractivity contribution in [1.82, 2.24) is 9.29 Å². The van der Waals surface area contributed by atoms with E-state index >= 15 is 0 Å². The maximum absolute atomic E-state index is 13.2. The van der Waals surface area contributed by atoms with Crippen molar-refractivity contribution in [2.75, 3.05) is 18.4 Å². The van der Waals surface area contributed by atoms with Crippen LogP contribution >= 0.6 is 11.3 Å². The minimum absolute atomic E-state index is 0.0161. The van der Waals surface area contributed by atoms with Crippen molar-refractivity contribution in [3.63, 3.8) is 0 Å². The summed E-state index contributed by atoms with van der Waals surface area (Å²) < 4.78 is 40.1. The number of non-ortho nitro benzene ring substituents is 1. The summed E-state index contributed by atoms with van der Waals surface area (Å²) in [6.45, 7) is 0.303. The molecule has 1 aliphatic rings. The van der Waals surface area contributed by atoms with Gasteiger partial charge < -0.3 is 5.32 Å². The summed E-state index contributed by atoms with van der Waals surface area (Å²) in [7, 11) is -3.83. The predicted octanol–water partition coefficient (Wildman–Crippen LogP) is 3.90. The molecule has 0 aliphatic carbocycles. The van der Waals surface area contributed by atoms with Crippen LogP contribution in [0.3, 0.4) is 0 Å². The normalized spacial score (nSPS) is 16.9. The van der Waals surface area contributed by atoms with Crippen molar-refractivity contribution in [3.8, 4) is 11.3 Å². The van der Waals surface area contributed by atoms with Crippen LogP contribution in [0.4, 0.5) is 15.2 Å². The molecule has 172 valence electrons. The number of anilines is 1. The van der Waals surface area contributed by atoms with Crippen molar-refractivity contribution in [1.29, 1.82) is 0 Å². The van der Waals surface area contributed by atoms with Gasteiger partial charge in [-0.2, -0.15) is 4.31 Å². The summed E-state index contributed by atoms with van der Waals surface area (Å²) in [5.74, 6) is -1.42. The van der Waals surface area contributed by atoms with Crippen molar-refractivity contribution in [2.24, 2.45) is 5.92 Å². The second-order valence-electron chi connectivity index (χ2n) is 7.49. The predicted molar refractivity (Wildman–Crippen MR) is 121 cm³/mol. The highest BCUT2D eigenvalue weighted by molar-refractivity contribution is 7.89. The molecule has 0 radical (unpaired) electrons. The van der Waals surface area contributed by atoms with Gasteiger partial charge >= 0.3 is 0 Å². The van der Waals surface area contributed by atoms with Crippen molar-refractivity contribution < 1.29 is 22.5 Å². The Kier molecular flexibility index (Phi) is 6.49. The fourth-order valence-electron chi connectivity index (χ4n) is 3.56. The van der Waals surface area contributed by atoms with Crippen LogP contribution < -0.4 is 5.32 Å². The molecular weight excluding hydrogens is 471 g/mol. The maximum Gasteiger partial charge on any atom is 0.269 e. The third-order valence-corrected chi connectivity index (χ3v) is 7.95. The second-order valence-corrected chi connectivity index (χ2v) is 10.3. The van der Waals surface area contributed by atoms with Gasteiger partial charge in [0.05, 0.1) is 21.4 Å². The number of nitrogens with one attached hydrogen (secondary N) is 1. The number of sulfonamides is 1. The molecule has 1 aliphatic heterocycles. The molecule has 1 aromatic heterocycles. The fourth-order valence-corrected chi connectivity index (χ4v) is 5.80. The molecule has 1 N–H and O–H groups in total. The standard InChI is InChI=1S/C21H19FN4O5S2/c22-16-5-9-18(10-6-16)33(30,31)25-11-1-2-15(12-25)20(27)24-21-23-19(13-32-21)14-3-7-17(8-4-14)26(28)29/h3-10,13,15H,1-2,11-12H2,(H,23,24,27). The molecular formula is C21H19FN4O5S2. The molecule has 2 aromatic carbocycles. The third kappa shape index (κ3) is 5.07. The van der Waals surface area contributed by atoms with E-state index in [1.54, 1.807) is 17.5 Å². The summed E-state index contributed by atoms with van der Waals surface area (Å²) >= 11 is 1.21. The first-order valence-corrected chi connectivity index (χ1v) is 12.3. The van der Waals surface area contributed by atoms with E-state index in [4.69, 9.17) is 0 Å². The van der Waals surface area contributed by atoms with Crippen LogP contribution in [0.2, 0.25) is 0 Å². The third-order valence-electron chi connectivity index (χ3n) is 5.31. The number of halogens is 1. The van der Waals surface area contributed by atoms with Gasteiger partial charge in [0.1, 0.15) is 5.82 Å². The number of benzene rings is 2. The molecule has 4 rings (SSSR count). The lowest BCUT2D eigenvalue weighted by atomic mass is 9.99. The first kappa shape index (κ1) is 23.0. The van der Waals surface area contributed by atoms with Gasteiger partial charge in [-0.1, -0.05) is 0 Å². The van der Waals surface area contributed by atoms with E-state index in [0.717, 1.165) is 12.1 Å². The van der Waals surface area contributed by atoms with Crippen LogP contribution in [0.25, 0.3) is 11.3 Å². The van der Waals surface area contributed by atoms with E-state index in [0.29, 0.717) is 29.2 Å². The van der Waals surface area contributed by atoms with Gasteiger partial charge in [-0.3, -0.25) is 14.9 Å². The molecule has 1 fully saturated rings. The number of carbonyl (C=O) groups excluding carboxylic acids is 1. The summed E-state index contributed by atoms with van der Waals surface area (Å²) in [6.07, 6.45) is 1.05. The molecule has 0 bridgehead atoms. The Morgan fingerprint density at radius 2 is 1.88 bits per heavy atom. The molecule has 0 spiro atoms. The Balaban J connectivity index is 1.42. The van der Waals surface area contributed by atoms with Gasteiger partial charge in [0.15, 0.2) is 5.13 Å². The molecule has 33 heavy (non-hydrogen) atoms. The number of hydrogen-bond donors (Lipinski definition) is 1. The average molecular weight is 491 g/mol. The van der Waals surface area contributed by atoms with Gasteiger partial charge in [-0.05, 0) is 49.2 Å². The lowest BCUT2D eigenvalue weighted by Gasteiger charge is -2.31. The van der Waals surface area contributed by atoms with E-state index in [2.05, 4.69) is 10.3 Å². The molecule has 1 atom stereocenters. The molecule has 1 amide bonds. The fraction of sp³-hybridized carbons (Fsp3) is 0.238. The smallest absolute Gasteiger partial charge is 0.269 e. The van der Waals surface area contributed by atoms with Crippen LogP contribution in [-0.4, -0.2) is 41.6 Å². The summed E-state index contributed by atoms with van der Waals surface area (Å²) in [5, 5.41) is 15.6. The van der Waals surface area contributed by atoms with Gasteiger partial charge in [0.25, 0.3) is 5.69 Å². The number of nitro groups is 1. The Bertz CT molecular complexity index is 1280.